The van der Waals surface area contributed by atoms with Crippen LogP contribution >= 0.6 is 0 Å². The summed E-state index contributed by atoms with van der Waals surface area (Å²) in [5.41, 5.74) is 11.0. The normalized spacial score (nSPS) is 10.1. The standard InChI is InChI=1S/C28H22N4O5/c33-25(19-7-3-1-4-8-19)29-31-27(35)21-11-15-23(16-12-21)37-24-17-13-22(14-18-24)28(36)32-30-26(34)20-9-5-2-6-10-20/h1-18H,(H,29,33)(H,30,34)(H,31,35)(H,32,36). The van der Waals surface area contributed by atoms with Gasteiger partial charge in [0.25, 0.3) is 23.6 Å². The summed E-state index contributed by atoms with van der Waals surface area (Å²) in [6.45, 7) is 0. The van der Waals surface area contributed by atoms with Crippen LogP contribution in [0.4, 0.5) is 0 Å². The summed E-state index contributed by atoms with van der Waals surface area (Å²) < 4.78 is 5.76. The molecule has 4 aromatic carbocycles. The van der Waals surface area contributed by atoms with Gasteiger partial charge >= 0.3 is 0 Å². The van der Waals surface area contributed by atoms with Crippen LogP contribution in [0.5, 0.6) is 11.5 Å². The molecule has 0 atom stereocenters. The third kappa shape index (κ3) is 6.80. The maximum absolute atomic E-state index is 12.3. The van der Waals surface area contributed by atoms with Gasteiger partial charge in [-0.05, 0) is 72.8 Å². The Morgan fingerprint density at radius 3 is 0.946 bits per heavy atom. The molecule has 4 aromatic rings. The highest BCUT2D eigenvalue weighted by Crippen LogP contribution is 2.22. The van der Waals surface area contributed by atoms with E-state index in [1.807, 2.05) is 0 Å². The molecule has 184 valence electrons. The molecule has 0 saturated heterocycles. The van der Waals surface area contributed by atoms with Gasteiger partial charge in [-0.25, -0.2) is 0 Å². The third-order valence-electron chi connectivity index (χ3n) is 5.12. The van der Waals surface area contributed by atoms with E-state index in [0.717, 1.165) is 0 Å². The van der Waals surface area contributed by atoms with Crippen LogP contribution in [0.15, 0.2) is 109 Å². The molecule has 37 heavy (non-hydrogen) atoms. The number of ether oxygens (including phenoxy) is 1. The first kappa shape index (κ1) is 24.7. The second kappa shape index (κ2) is 11.8. The summed E-state index contributed by atoms with van der Waals surface area (Å²) in [6, 6.07) is 29.7. The average molecular weight is 495 g/mol. The minimum absolute atomic E-state index is 0.324. The van der Waals surface area contributed by atoms with Crippen LogP contribution in [-0.2, 0) is 0 Å². The Hall–Kier alpha value is -5.44. The fourth-order valence-corrected chi connectivity index (χ4v) is 3.18. The lowest BCUT2D eigenvalue weighted by Gasteiger charge is -2.10. The van der Waals surface area contributed by atoms with Crippen LogP contribution in [0, 0.1) is 0 Å². The Labute approximate surface area is 212 Å². The fraction of sp³-hybridized carbons (Fsp3) is 0. The van der Waals surface area contributed by atoms with E-state index in [1.54, 1.807) is 109 Å². The lowest BCUT2D eigenvalue weighted by molar-refractivity contribution is 0.0846. The molecule has 9 heteroatoms. The van der Waals surface area contributed by atoms with Gasteiger partial charge in [-0.2, -0.15) is 0 Å². The van der Waals surface area contributed by atoms with E-state index >= 15 is 0 Å². The number of hydrogen-bond acceptors (Lipinski definition) is 5. The molecular weight excluding hydrogens is 472 g/mol. The van der Waals surface area contributed by atoms with Crippen molar-refractivity contribution in [1.29, 1.82) is 0 Å². The number of hydrogen-bond donors (Lipinski definition) is 4. The molecule has 0 aliphatic carbocycles. The van der Waals surface area contributed by atoms with Crippen LogP contribution in [0.1, 0.15) is 41.4 Å². The Morgan fingerprint density at radius 2 is 0.649 bits per heavy atom. The number of benzene rings is 4. The molecule has 4 amide bonds. The SMILES string of the molecule is O=C(NNC(=O)c1ccc(Oc2ccc(C(=O)NNC(=O)c3ccccc3)cc2)cc1)c1ccccc1. The highest BCUT2D eigenvalue weighted by Gasteiger charge is 2.11. The van der Waals surface area contributed by atoms with E-state index in [2.05, 4.69) is 21.7 Å². The van der Waals surface area contributed by atoms with Gasteiger partial charge in [-0.3, -0.25) is 40.9 Å². The summed E-state index contributed by atoms with van der Waals surface area (Å²) in [5.74, 6) is -0.875. The Kier molecular flexibility index (Phi) is 7.87. The van der Waals surface area contributed by atoms with Gasteiger partial charge in [-0.1, -0.05) is 36.4 Å². The second-order valence-corrected chi connectivity index (χ2v) is 7.70. The summed E-state index contributed by atoms with van der Waals surface area (Å²) >= 11 is 0. The number of amides is 4. The topological polar surface area (TPSA) is 126 Å². The Balaban J connectivity index is 1.26. The fourth-order valence-electron chi connectivity index (χ4n) is 3.18. The van der Waals surface area contributed by atoms with Crippen molar-refractivity contribution in [3.63, 3.8) is 0 Å². The zero-order valence-electron chi connectivity index (χ0n) is 19.4. The van der Waals surface area contributed by atoms with Gasteiger partial charge in [-0.15, -0.1) is 0 Å². The van der Waals surface area contributed by atoms with E-state index in [4.69, 9.17) is 4.74 Å². The van der Waals surface area contributed by atoms with E-state index in [0.29, 0.717) is 33.8 Å². The average Bonchev–Trinajstić information content (AvgIpc) is 2.96. The van der Waals surface area contributed by atoms with Gasteiger partial charge in [0, 0.05) is 22.3 Å². The minimum atomic E-state index is -0.481. The van der Waals surface area contributed by atoms with Crippen LogP contribution in [0.2, 0.25) is 0 Å². The number of hydrazine groups is 2. The maximum Gasteiger partial charge on any atom is 0.269 e. The van der Waals surface area contributed by atoms with Crippen molar-refractivity contribution in [2.75, 3.05) is 0 Å². The molecule has 0 unspecified atom stereocenters. The monoisotopic (exact) mass is 494 g/mol. The molecule has 0 aliphatic rings. The molecule has 4 N–H and O–H groups in total. The third-order valence-corrected chi connectivity index (χ3v) is 5.12. The van der Waals surface area contributed by atoms with Crippen molar-refractivity contribution in [2.45, 2.75) is 0 Å². The molecule has 0 spiro atoms. The predicted octanol–water partition coefficient (Wildman–Crippen LogP) is 3.63. The van der Waals surface area contributed by atoms with E-state index in [1.165, 1.54) is 0 Å². The summed E-state index contributed by atoms with van der Waals surface area (Å²) in [7, 11) is 0. The molecule has 0 aromatic heterocycles. The predicted molar refractivity (Wildman–Crippen MR) is 136 cm³/mol. The number of carbonyl (C=O) groups is 4. The zero-order chi connectivity index (χ0) is 26.0. The van der Waals surface area contributed by atoms with Crippen LogP contribution < -0.4 is 26.4 Å². The number of rotatable bonds is 6. The second-order valence-electron chi connectivity index (χ2n) is 7.70. The Bertz CT molecular complexity index is 1280. The van der Waals surface area contributed by atoms with E-state index < -0.39 is 23.6 Å². The van der Waals surface area contributed by atoms with Crippen LogP contribution in [0.3, 0.4) is 0 Å². The lowest BCUT2D eigenvalue weighted by atomic mass is 10.2. The minimum Gasteiger partial charge on any atom is -0.457 e. The van der Waals surface area contributed by atoms with Crippen molar-refractivity contribution < 1.29 is 23.9 Å². The van der Waals surface area contributed by atoms with E-state index in [-0.39, 0.29) is 0 Å². The first-order valence-corrected chi connectivity index (χ1v) is 11.2. The maximum atomic E-state index is 12.3. The van der Waals surface area contributed by atoms with Crippen molar-refractivity contribution in [1.82, 2.24) is 21.7 Å². The highest BCUT2D eigenvalue weighted by molar-refractivity contribution is 6.00. The van der Waals surface area contributed by atoms with Crippen molar-refractivity contribution >= 4 is 23.6 Å². The molecule has 4 rings (SSSR count). The lowest BCUT2D eigenvalue weighted by Crippen LogP contribution is -2.41. The van der Waals surface area contributed by atoms with Crippen molar-refractivity contribution in [3.05, 3.63) is 131 Å². The molecule has 0 saturated carbocycles. The zero-order valence-corrected chi connectivity index (χ0v) is 19.4. The molecular formula is C28H22N4O5. The molecule has 0 radical (unpaired) electrons. The first-order valence-electron chi connectivity index (χ1n) is 11.2. The smallest absolute Gasteiger partial charge is 0.269 e. The van der Waals surface area contributed by atoms with Gasteiger partial charge < -0.3 is 4.74 Å². The highest BCUT2D eigenvalue weighted by atomic mass is 16.5. The van der Waals surface area contributed by atoms with Crippen molar-refractivity contribution in [2.24, 2.45) is 0 Å². The Morgan fingerprint density at radius 1 is 0.378 bits per heavy atom. The summed E-state index contributed by atoms with van der Waals surface area (Å²) in [6.07, 6.45) is 0. The van der Waals surface area contributed by atoms with Gasteiger partial charge in [0.05, 0.1) is 0 Å². The van der Waals surface area contributed by atoms with E-state index in [9.17, 15) is 19.2 Å². The molecule has 0 heterocycles. The van der Waals surface area contributed by atoms with Crippen LogP contribution in [0.25, 0.3) is 0 Å². The van der Waals surface area contributed by atoms with Crippen LogP contribution in [-0.4, -0.2) is 23.6 Å². The number of carbonyl (C=O) groups excluding carboxylic acids is 4. The quantitative estimate of drug-likeness (QED) is 0.305. The molecule has 9 nitrogen and oxygen atoms in total. The summed E-state index contributed by atoms with van der Waals surface area (Å²) in [4.78, 5) is 48.7. The molecule has 0 bridgehead atoms. The molecule has 0 aliphatic heterocycles. The number of nitrogens with one attached hydrogen (secondary N) is 4. The molecule has 0 fully saturated rings. The van der Waals surface area contributed by atoms with Gasteiger partial charge in [0.2, 0.25) is 0 Å². The van der Waals surface area contributed by atoms with Crippen molar-refractivity contribution in [3.8, 4) is 11.5 Å². The van der Waals surface area contributed by atoms with Gasteiger partial charge in [0.15, 0.2) is 0 Å². The largest absolute Gasteiger partial charge is 0.457 e. The first-order chi connectivity index (χ1) is 18.0. The summed E-state index contributed by atoms with van der Waals surface area (Å²) in [5, 5.41) is 0. The van der Waals surface area contributed by atoms with Gasteiger partial charge in [0.1, 0.15) is 11.5 Å².